The zero-order valence-corrected chi connectivity index (χ0v) is 5.20. The highest BCUT2D eigenvalue weighted by Gasteiger charge is 1.94. The van der Waals surface area contributed by atoms with Crippen LogP contribution in [0.4, 0.5) is 0 Å². The number of nitrogens with zero attached hydrogens (tertiary/aromatic N) is 2. The summed E-state index contributed by atoms with van der Waals surface area (Å²) < 4.78 is 9.63. The van der Waals surface area contributed by atoms with E-state index in [1.54, 1.807) is 0 Å². The van der Waals surface area contributed by atoms with Gasteiger partial charge in [-0.05, 0) is 6.92 Å². The van der Waals surface area contributed by atoms with Crippen molar-refractivity contribution in [2.24, 2.45) is 0 Å². The summed E-state index contributed by atoms with van der Waals surface area (Å²) in [7, 11) is 0. The van der Waals surface area contributed by atoms with Crippen molar-refractivity contribution in [1.82, 2.24) is 10.1 Å². The van der Waals surface area contributed by atoms with E-state index < -0.39 is 0 Å². The van der Waals surface area contributed by atoms with Crippen molar-refractivity contribution in [3.05, 3.63) is 12.2 Å². The Balaban J connectivity index is 2.30. The Labute approximate surface area is 52.8 Å². The molecule has 0 saturated carbocycles. The van der Waals surface area contributed by atoms with Crippen LogP contribution < -0.4 is 0 Å². The molecule has 0 aliphatic heterocycles. The Morgan fingerprint density at radius 3 is 3.22 bits per heavy atom. The van der Waals surface area contributed by atoms with Crippen LogP contribution in [0.3, 0.4) is 0 Å². The summed E-state index contributed by atoms with van der Waals surface area (Å²) in [6, 6.07) is 0. The third-order valence-corrected chi connectivity index (χ3v) is 0.837. The fourth-order valence-corrected chi connectivity index (χ4v) is 0.449. The smallest absolute Gasteiger partial charge is 0.252 e. The summed E-state index contributed by atoms with van der Waals surface area (Å²) in [5, 5.41) is 3.41. The minimum absolute atomic E-state index is 0.413. The second-order valence-electron chi connectivity index (χ2n) is 1.47. The molecule has 1 heterocycles. The van der Waals surface area contributed by atoms with Gasteiger partial charge in [0.25, 0.3) is 5.89 Å². The first-order valence-electron chi connectivity index (χ1n) is 2.76. The normalized spacial score (nSPS) is 9.89. The van der Waals surface area contributed by atoms with Crippen LogP contribution >= 0.6 is 0 Å². The van der Waals surface area contributed by atoms with Crippen molar-refractivity contribution >= 4 is 0 Å². The molecule has 4 heteroatoms. The van der Waals surface area contributed by atoms with Gasteiger partial charge in [-0.1, -0.05) is 5.16 Å². The summed E-state index contributed by atoms with van der Waals surface area (Å²) in [5.74, 6) is 0.525. The van der Waals surface area contributed by atoms with Gasteiger partial charge in [0, 0.05) is 6.61 Å². The summed E-state index contributed by atoms with van der Waals surface area (Å²) in [4.78, 5) is 3.75. The quantitative estimate of drug-likeness (QED) is 0.598. The molecule has 0 aliphatic rings. The molecule has 4 nitrogen and oxygen atoms in total. The molecule has 50 valence electrons. The minimum atomic E-state index is 0.413. The van der Waals surface area contributed by atoms with E-state index in [-0.39, 0.29) is 0 Å². The standard InChI is InChI=1S/C5H8N2O2/c1-2-8-3-5-6-4-7-9-5/h4H,2-3H2,1H3. The predicted molar refractivity (Wildman–Crippen MR) is 29.6 cm³/mol. The lowest BCUT2D eigenvalue weighted by atomic mass is 10.7. The first-order valence-corrected chi connectivity index (χ1v) is 2.76. The maximum atomic E-state index is 4.98. The van der Waals surface area contributed by atoms with Gasteiger partial charge in [-0.15, -0.1) is 0 Å². The second kappa shape index (κ2) is 3.19. The molecule has 9 heavy (non-hydrogen) atoms. The average molecular weight is 128 g/mol. The SMILES string of the molecule is CCOCc1ncno1. The summed E-state index contributed by atoms with van der Waals surface area (Å²) in [6.45, 7) is 3.00. The van der Waals surface area contributed by atoms with Crippen molar-refractivity contribution in [3.63, 3.8) is 0 Å². The maximum absolute atomic E-state index is 4.98. The first kappa shape index (κ1) is 6.22. The molecule has 0 atom stereocenters. The summed E-state index contributed by atoms with van der Waals surface area (Å²) >= 11 is 0. The minimum Gasteiger partial charge on any atom is -0.372 e. The number of ether oxygens (including phenoxy) is 1. The molecule has 0 aromatic carbocycles. The van der Waals surface area contributed by atoms with Crippen LogP contribution in [0, 0.1) is 0 Å². The highest BCUT2D eigenvalue weighted by molar-refractivity contribution is 4.68. The van der Waals surface area contributed by atoms with Gasteiger partial charge >= 0.3 is 0 Å². The van der Waals surface area contributed by atoms with E-state index in [4.69, 9.17) is 4.74 Å². The number of hydrogen-bond donors (Lipinski definition) is 0. The van der Waals surface area contributed by atoms with E-state index in [2.05, 4.69) is 14.7 Å². The van der Waals surface area contributed by atoms with Gasteiger partial charge in [0.05, 0.1) is 0 Å². The molecule has 1 aromatic heterocycles. The summed E-state index contributed by atoms with van der Waals surface area (Å²) in [5.41, 5.74) is 0. The van der Waals surface area contributed by atoms with Crippen molar-refractivity contribution in [2.45, 2.75) is 13.5 Å². The van der Waals surface area contributed by atoms with Crippen LogP contribution in [-0.2, 0) is 11.3 Å². The third-order valence-electron chi connectivity index (χ3n) is 0.837. The zero-order chi connectivity index (χ0) is 6.53. The van der Waals surface area contributed by atoms with E-state index in [1.165, 1.54) is 6.33 Å². The van der Waals surface area contributed by atoms with Crippen LogP contribution in [0.25, 0.3) is 0 Å². The van der Waals surface area contributed by atoms with Crippen molar-refractivity contribution < 1.29 is 9.26 Å². The van der Waals surface area contributed by atoms with E-state index in [0.717, 1.165) is 0 Å². The maximum Gasteiger partial charge on any atom is 0.252 e. The predicted octanol–water partition coefficient (Wildman–Crippen LogP) is 0.606. The fourth-order valence-electron chi connectivity index (χ4n) is 0.449. The third kappa shape index (κ3) is 1.81. The molecule has 0 fully saturated rings. The highest BCUT2D eigenvalue weighted by atomic mass is 16.5. The number of rotatable bonds is 3. The molecule has 1 rings (SSSR count). The zero-order valence-electron chi connectivity index (χ0n) is 5.20. The Bertz CT molecular complexity index is 150. The molecule has 0 spiro atoms. The molecule has 0 N–H and O–H groups in total. The van der Waals surface area contributed by atoms with Crippen molar-refractivity contribution in [2.75, 3.05) is 6.61 Å². The van der Waals surface area contributed by atoms with Gasteiger partial charge < -0.3 is 9.26 Å². The van der Waals surface area contributed by atoms with E-state index in [9.17, 15) is 0 Å². The molecule has 0 amide bonds. The topological polar surface area (TPSA) is 48.2 Å². The molecule has 0 unspecified atom stereocenters. The monoisotopic (exact) mass is 128 g/mol. The van der Waals surface area contributed by atoms with E-state index in [1.807, 2.05) is 6.92 Å². The Hall–Kier alpha value is -0.900. The lowest BCUT2D eigenvalue weighted by molar-refractivity contribution is 0.109. The average Bonchev–Trinajstić information content (AvgIpc) is 2.34. The molecule has 0 radical (unpaired) electrons. The molecule has 0 saturated heterocycles. The van der Waals surface area contributed by atoms with Gasteiger partial charge in [-0.25, -0.2) is 0 Å². The molecule has 0 bridgehead atoms. The number of hydrogen-bond acceptors (Lipinski definition) is 4. The largest absolute Gasteiger partial charge is 0.372 e. The first-order chi connectivity index (χ1) is 4.43. The Morgan fingerprint density at radius 1 is 1.78 bits per heavy atom. The van der Waals surface area contributed by atoms with E-state index in [0.29, 0.717) is 19.1 Å². The van der Waals surface area contributed by atoms with Crippen LogP contribution in [0.5, 0.6) is 0 Å². The fraction of sp³-hybridized carbons (Fsp3) is 0.600. The van der Waals surface area contributed by atoms with E-state index >= 15 is 0 Å². The van der Waals surface area contributed by atoms with Crippen molar-refractivity contribution in [1.29, 1.82) is 0 Å². The molecular formula is C5H8N2O2. The van der Waals surface area contributed by atoms with Gasteiger partial charge in [0.15, 0.2) is 6.33 Å². The van der Waals surface area contributed by atoms with Crippen LogP contribution in [0.1, 0.15) is 12.8 Å². The van der Waals surface area contributed by atoms with Crippen LogP contribution in [-0.4, -0.2) is 16.7 Å². The lowest BCUT2D eigenvalue weighted by Crippen LogP contribution is -1.90. The number of aromatic nitrogens is 2. The van der Waals surface area contributed by atoms with Crippen LogP contribution in [0.2, 0.25) is 0 Å². The summed E-state index contributed by atoms with van der Waals surface area (Å²) in [6.07, 6.45) is 1.36. The molecule has 1 aromatic rings. The lowest BCUT2D eigenvalue weighted by Gasteiger charge is -1.91. The van der Waals surface area contributed by atoms with Gasteiger partial charge in [0.2, 0.25) is 0 Å². The van der Waals surface area contributed by atoms with Gasteiger partial charge in [0.1, 0.15) is 6.61 Å². The Kier molecular flexibility index (Phi) is 2.21. The van der Waals surface area contributed by atoms with Gasteiger partial charge in [-0.3, -0.25) is 0 Å². The highest BCUT2D eigenvalue weighted by Crippen LogP contribution is 1.92. The Morgan fingerprint density at radius 2 is 2.67 bits per heavy atom. The second-order valence-corrected chi connectivity index (χ2v) is 1.47. The van der Waals surface area contributed by atoms with Gasteiger partial charge in [-0.2, -0.15) is 4.98 Å². The molecular weight excluding hydrogens is 120 g/mol. The van der Waals surface area contributed by atoms with Crippen LogP contribution in [0.15, 0.2) is 10.9 Å². The van der Waals surface area contributed by atoms with Crippen molar-refractivity contribution in [3.8, 4) is 0 Å². The molecule has 0 aliphatic carbocycles.